The number of nitrogens with zero attached hydrogens (tertiary/aromatic N) is 1. The van der Waals surface area contributed by atoms with Gasteiger partial charge in [0.1, 0.15) is 0 Å². The fourth-order valence-electron chi connectivity index (χ4n) is 3.27. The van der Waals surface area contributed by atoms with E-state index in [2.05, 4.69) is 0 Å². The van der Waals surface area contributed by atoms with Crippen LogP contribution in [-0.2, 0) is 11.2 Å². The SMILES string of the molecule is Cc1ccc(-c2nc3ccccc3c(-c3ccccc3)c2CC(=O)O)s1. The zero-order chi connectivity index (χ0) is 18.1. The van der Waals surface area contributed by atoms with Gasteiger partial charge in [0.2, 0.25) is 0 Å². The normalized spacial score (nSPS) is 11.0. The number of hydrogen-bond acceptors (Lipinski definition) is 3. The van der Waals surface area contributed by atoms with Crippen molar-refractivity contribution in [1.29, 1.82) is 0 Å². The topological polar surface area (TPSA) is 50.2 Å². The largest absolute Gasteiger partial charge is 0.481 e. The van der Waals surface area contributed by atoms with E-state index in [-0.39, 0.29) is 6.42 Å². The van der Waals surface area contributed by atoms with Crippen LogP contribution in [0.4, 0.5) is 0 Å². The number of pyridine rings is 1. The predicted octanol–water partition coefficient (Wildman–Crippen LogP) is 5.57. The molecule has 2 heterocycles. The standard InChI is InChI=1S/C22H17NO2S/c1-14-11-12-19(26-14)22-17(13-20(24)25)21(15-7-3-2-4-8-15)16-9-5-6-10-18(16)23-22/h2-12H,13H2,1H3,(H,24,25). The van der Waals surface area contributed by atoms with Gasteiger partial charge in [0.05, 0.1) is 22.5 Å². The zero-order valence-electron chi connectivity index (χ0n) is 14.3. The predicted molar refractivity (Wildman–Crippen MR) is 107 cm³/mol. The minimum absolute atomic E-state index is 0.0612. The van der Waals surface area contributed by atoms with E-state index >= 15 is 0 Å². The second-order valence-electron chi connectivity index (χ2n) is 6.18. The Morgan fingerprint density at radius 1 is 1.00 bits per heavy atom. The van der Waals surface area contributed by atoms with Crippen LogP contribution in [0.2, 0.25) is 0 Å². The lowest BCUT2D eigenvalue weighted by molar-refractivity contribution is -0.136. The zero-order valence-corrected chi connectivity index (χ0v) is 15.1. The highest BCUT2D eigenvalue weighted by Gasteiger charge is 2.20. The molecule has 4 heteroatoms. The summed E-state index contributed by atoms with van der Waals surface area (Å²) in [4.78, 5) is 18.7. The number of thiophene rings is 1. The van der Waals surface area contributed by atoms with E-state index in [1.807, 2.05) is 73.7 Å². The monoisotopic (exact) mass is 359 g/mol. The molecule has 0 bridgehead atoms. The highest BCUT2D eigenvalue weighted by molar-refractivity contribution is 7.15. The molecule has 0 saturated carbocycles. The fourth-order valence-corrected chi connectivity index (χ4v) is 4.16. The molecule has 2 aromatic heterocycles. The fraction of sp³-hybridized carbons (Fsp3) is 0.0909. The van der Waals surface area contributed by atoms with Crippen molar-refractivity contribution in [2.24, 2.45) is 0 Å². The summed E-state index contributed by atoms with van der Waals surface area (Å²) in [6.45, 7) is 2.05. The molecule has 1 N–H and O–H groups in total. The number of carboxylic acids is 1. The first-order valence-corrected chi connectivity index (χ1v) is 9.21. The molecule has 128 valence electrons. The van der Waals surface area contributed by atoms with Crippen LogP contribution in [0.15, 0.2) is 66.7 Å². The van der Waals surface area contributed by atoms with Gasteiger partial charge in [-0.25, -0.2) is 4.98 Å². The Morgan fingerprint density at radius 2 is 1.73 bits per heavy atom. The lowest BCUT2D eigenvalue weighted by Crippen LogP contribution is -2.06. The van der Waals surface area contributed by atoms with E-state index in [1.54, 1.807) is 11.3 Å². The smallest absolute Gasteiger partial charge is 0.307 e. The number of aryl methyl sites for hydroxylation is 1. The molecular weight excluding hydrogens is 342 g/mol. The molecule has 4 aromatic rings. The number of carbonyl (C=O) groups is 1. The van der Waals surface area contributed by atoms with Gasteiger partial charge in [-0.05, 0) is 41.8 Å². The third kappa shape index (κ3) is 3.00. The van der Waals surface area contributed by atoms with E-state index in [1.165, 1.54) is 4.88 Å². The number of aliphatic carboxylic acids is 1. The van der Waals surface area contributed by atoms with E-state index < -0.39 is 5.97 Å². The molecule has 3 nitrogen and oxygen atoms in total. The summed E-state index contributed by atoms with van der Waals surface area (Å²) in [5, 5.41) is 10.5. The van der Waals surface area contributed by atoms with E-state index in [0.717, 1.165) is 38.2 Å². The summed E-state index contributed by atoms with van der Waals surface area (Å²) >= 11 is 1.64. The molecule has 0 atom stereocenters. The summed E-state index contributed by atoms with van der Waals surface area (Å²) < 4.78 is 0. The average Bonchev–Trinajstić information content (AvgIpc) is 3.07. The van der Waals surface area contributed by atoms with E-state index in [0.29, 0.717) is 0 Å². The van der Waals surface area contributed by atoms with Crippen molar-refractivity contribution in [3.63, 3.8) is 0 Å². The average molecular weight is 359 g/mol. The van der Waals surface area contributed by atoms with Crippen LogP contribution in [0.5, 0.6) is 0 Å². The van der Waals surface area contributed by atoms with Crippen molar-refractivity contribution >= 4 is 28.2 Å². The Hall–Kier alpha value is -2.98. The summed E-state index contributed by atoms with van der Waals surface area (Å²) in [5.41, 5.74) is 4.38. The molecule has 4 rings (SSSR count). The lowest BCUT2D eigenvalue weighted by atomic mass is 9.92. The lowest BCUT2D eigenvalue weighted by Gasteiger charge is -2.16. The van der Waals surface area contributed by atoms with Crippen LogP contribution in [0, 0.1) is 6.92 Å². The third-order valence-corrected chi connectivity index (χ3v) is 5.36. The van der Waals surface area contributed by atoms with Gasteiger partial charge in [0.15, 0.2) is 0 Å². The highest BCUT2D eigenvalue weighted by Crippen LogP contribution is 2.39. The van der Waals surface area contributed by atoms with Crippen LogP contribution in [0.3, 0.4) is 0 Å². The first kappa shape index (κ1) is 16.5. The Kier molecular flexibility index (Phi) is 4.27. The quantitative estimate of drug-likeness (QED) is 0.518. The van der Waals surface area contributed by atoms with Gasteiger partial charge in [-0.3, -0.25) is 4.79 Å². The maximum absolute atomic E-state index is 11.7. The Balaban J connectivity index is 2.12. The van der Waals surface area contributed by atoms with Gasteiger partial charge in [0.25, 0.3) is 0 Å². The molecule has 0 amide bonds. The number of benzene rings is 2. The number of rotatable bonds is 4. The number of carboxylic acid groups (broad SMARTS) is 1. The molecule has 0 unspecified atom stereocenters. The first-order chi connectivity index (χ1) is 12.6. The molecule has 0 radical (unpaired) electrons. The van der Waals surface area contributed by atoms with Gasteiger partial charge < -0.3 is 5.11 Å². The highest BCUT2D eigenvalue weighted by atomic mass is 32.1. The molecule has 2 aromatic carbocycles. The minimum atomic E-state index is -0.853. The minimum Gasteiger partial charge on any atom is -0.481 e. The van der Waals surface area contributed by atoms with Gasteiger partial charge >= 0.3 is 5.97 Å². The van der Waals surface area contributed by atoms with Crippen molar-refractivity contribution in [3.8, 4) is 21.7 Å². The molecule has 0 spiro atoms. The molecule has 0 aliphatic heterocycles. The van der Waals surface area contributed by atoms with E-state index in [9.17, 15) is 9.90 Å². The van der Waals surface area contributed by atoms with Crippen molar-refractivity contribution in [2.75, 3.05) is 0 Å². The van der Waals surface area contributed by atoms with Crippen molar-refractivity contribution in [1.82, 2.24) is 4.98 Å². The number of fused-ring (bicyclic) bond motifs is 1. The maximum atomic E-state index is 11.7. The first-order valence-electron chi connectivity index (χ1n) is 8.39. The van der Waals surface area contributed by atoms with Gasteiger partial charge in [-0.2, -0.15) is 0 Å². The molecule has 0 aliphatic carbocycles. The number of para-hydroxylation sites is 1. The second-order valence-corrected chi connectivity index (χ2v) is 7.47. The Bertz CT molecular complexity index is 1100. The summed E-state index contributed by atoms with van der Waals surface area (Å²) in [6, 6.07) is 22.0. The molecule has 0 aliphatic rings. The third-order valence-electron chi connectivity index (χ3n) is 4.36. The van der Waals surface area contributed by atoms with Gasteiger partial charge in [-0.1, -0.05) is 48.5 Å². The molecule has 0 fully saturated rings. The number of hydrogen-bond donors (Lipinski definition) is 1. The summed E-state index contributed by atoms with van der Waals surface area (Å²) in [7, 11) is 0. The second kappa shape index (κ2) is 6.73. The molecule has 26 heavy (non-hydrogen) atoms. The Morgan fingerprint density at radius 3 is 2.42 bits per heavy atom. The van der Waals surface area contributed by atoms with E-state index in [4.69, 9.17) is 4.98 Å². The summed E-state index contributed by atoms with van der Waals surface area (Å²) in [5.74, 6) is -0.853. The number of aromatic nitrogens is 1. The van der Waals surface area contributed by atoms with Crippen LogP contribution in [-0.4, -0.2) is 16.1 Å². The maximum Gasteiger partial charge on any atom is 0.307 e. The van der Waals surface area contributed by atoms with Crippen LogP contribution in [0.25, 0.3) is 32.6 Å². The van der Waals surface area contributed by atoms with Gasteiger partial charge in [-0.15, -0.1) is 11.3 Å². The van der Waals surface area contributed by atoms with Gasteiger partial charge in [0, 0.05) is 10.3 Å². The van der Waals surface area contributed by atoms with Crippen LogP contribution in [0.1, 0.15) is 10.4 Å². The summed E-state index contributed by atoms with van der Waals surface area (Å²) in [6.07, 6.45) is -0.0612. The van der Waals surface area contributed by atoms with Crippen molar-refractivity contribution < 1.29 is 9.90 Å². The van der Waals surface area contributed by atoms with Crippen LogP contribution < -0.4 is 0 Å². The van der Waals surface area contributed by atoms with Crippen molar-refractivity contribution in [2.45, 2.75) is 13.3 Å². The molecular formula is C22H17NO2S. The Labute approximate surface area is 155 Å². The molecule has 0 saturated heterocycles. The van der Waals surface area contributed by atoms with Crippen LogP contribution >= 0.6 is 11.3 Å². The van der Waals surface area contributed by atoms with Crippen molar-refractivity contribution in [3.05, 3.63) is 77.2 Å².